The van der Waals surface area contributed by atoms with Gasteiger partial charge in [0, 0.05) is 48.7 Å². The lowest BCUT2D eigenvalue weighted by atomic mass is 10.1. The van der Waals surface area contributed by atoms with Gasteiger partial charge in [0.05, 0.1) is 91.0 Å². The van der Waals surface area contributed by atoms with Crippen molar-refractivity contribution in [3.05, 3.63) is 59.7 Å². The Kier molecular flexibility index (Phi) is 16.5. The molecule has 3 N–H and O–H groups in total. The van der Waals surface area contributed by atoms with Crippen LogP contribution in [-0.4, -0.2) is 140 Å². The van der Waals surface area contributed by atoms with Crippen LogP contribution in [-0.2, 0) is 40.4 Å². The number of hydrogen-bond donors (Lipinski definition) is 3. The van der Waals surface area contributed by atoms with E-state index >= 15 is 0 Å². The van der Waals surface area contributed by atoms with Crippen molar-refractivity contribution in [3.8, 4) is 23.0 Å². The molecule has 0 spiro atoms. The van der Waals surface area contributed by atoms with E-state index in [1.807, 2.05) is 20.1 Å². The lowest BCUT2D eigenvalue weighted by Gasteiger charge is -2.28. The van der Waals surface area contributed by atoms with Crippen molar-refractivity contribution < 1.29 is 63.8 Å². The first-order valence-electron chi connectivity index (χ1n) is 20.1. The summed E-state index contributed by atoms with van der Waals surface area (Å²) in [6.45, 7) is 12.2. The topological polar surface area (TPSA) is 246 Å². The minimum absolute atomic E-state index is 0.0405. The highest BCUT2D eigenvalue weighted by atomic mass is 33.1. The second-order valence-electron chi connectivity index (χ2n) is 16.2. The molecule has 4 aliphatic rings. The van der Waals surface area contributed by atoms with Crippen molar-refractivity contribution >= 4 is 80.5 Å². The minimum Gasteiger partial charge on any atom is -0.750 e. The molecule has 7 atom stereocenters. The summed E-state index contributed by atoms with van der Waals surface area (Å²) >= 11 is -5.81. The maximum atomic E-state index is 14.8. The Morgan fingerprint density at radius 1 is 0.844 bits per heavy atom. The lowest BCUT2D eigenvalue weighted by molar-refractivity contribution is -0.121. The number of rotatable bonds is 21. The summed E-state index contributed by atoms with van der Waals surface area (Å²) in [6.07, 6.45) is 0.905. The van der Waals surface area contributed by atoms with Crippen molar-refractivity contribution in [2.24, 2.45) is 0 Å². The third-order valence-corrected chi connectivity index (χ3v) is 17.3. The number of carbonyl (C=O) groups is 3. The molecule has 3 amide bonds. The zero-order valence-electron chi connectivity index (χ0n) is 36.0. The Morgan fingerprint density at radius 3 is 1.70 bits per heavy atom. The number of nitrogens with zero attached hydrogens (tertiary/aromatic N) is 2. The number of ether oxygens (including phenoxy) is 4. The molecule has 19 nitrogen and oxygen atoms in total. The van der Waals surface area contributed by atoms with E-state index < -0.39 is 54.4 Å². The van der Waals surface area contributed by atoms with Crippen molar-refractivity contribution in [1.29, 1.82) is 0 Å². The first kappa shape index (κ1) is 49.6. The molecule has 2 saturated heterocycles. The zero-order valence-corrected chi connectivity index (χ0v) is 40.2. The monoisotopic (exact) mass is 985 g/mol. The summed E-state index contributed by atoms with van der Waals surface area (Å²) in [5.41, 5.74) is 2.34. The van der Waals surface area contributed by atoms with Gasteiger partial charge in [-0.25, -0.2) is 8.42 Å². The van der Waals surface area contributed by atoms with Gasteiger partial charge in [-0.1, -0.05) is 45.9 Å². The van der Waals surface area contributed by atoms with Crippen LogP contribution in [0.3, 0.4) is 0 Å². The fourth-order valence-electron chi connectivity index (χ4n) is 7.97. The van der Waals surface area contributed by atoms with E-state index in [2.05, 4.69) is 29.1 Å². The maximum absolute atomic E-state index is 14.8. The van der Waals surface area contributed by atoms with Gasteiger partial charge in [-0.05, 0) is 51.5 Å². The van der Waals surface area contributed by atoms with Gasteiger partial charge < -0.3 is 58.4 Å². The molecule has 2 fully saturated rings. The Morgan fingerprint density at radius 2 is 1.30 bits per heavy atom. The van der Waals surface area contributed by atoms with Crippen LogP contribution in [0.2, 0.25) is 0 Å². The first-order valence-corrected chi connectivity index (χ1v) is 26.9. The number of benzene rings is 2. The lowest BCUT2D eigenvalue weighted by Crippen LogP contribution is -2.45. The normalized spacial score (nSPS) is 22.4. The molecule has 4 heterocycles. The number of carbonyl (C=O) groups excluding carboxylic acids is 3. The molecule has 6 rings (SSSR count). The van der Waals surface area contributed by atoms with Gasteiger partial charge in [0.2, 0.25) is 5.91 Å². The van der Waals surface area contributed by atoms with Gasteiger partial charge in [-0.3, -0.25) is 22.7 Å². The molecular formula is C40H52N5O14PS4-2. The fourth-order valence-corrected chi connectivity index (χ4v) is 12.8. The van der Waals surface area contributed by atoms with Gasteiger partial charge in [0.15, 0.2) is 35.5 Å². The SMILES string of the molecule is C=C1C[C@@H]2C(OS(=O)[O-])Nc3cc(OCCP(=O)(CCOc4cc5c(cc4OC)C(=O)N4CC(=C)C[C@H]4C(OS(=O)[O-])N5)CNC(=O)CCC(C)(C)SSC)c(OC)cc3C(=O)N2C1. The van der Waals surface area contributed by atoms with Crippen LogP contribution in [0.15, 0.2) is 48.6 Å². The number of hydrogen-bond acceptors (Lipinski definition) is 18. The van der Waals surface area contributed by atoms with E-state index in [1.165, 1.54) is 48.3 Å². The predicted octanol–water partition coefficient (Wildman–Crippen LogP) is 4.83. The molecule has 2 aromatic rings. The Balaban J connectivity index is 1.20. The van der Waals surface area contributed by atoms with Crippen LogP contribution < -0.4 is 34.9 Å². The zero-order chi connectivity index (χ0) is 46.5. The molecule has 4 aliphatic heterocycles. The predicted molar refractivity (Wildman–Crippen MR) is 244 cm³/mol. The van der Waals surface area contributed by atoms with Gasteiger partial charge in [-0.2, -0.15) is 0 Å². The molecule has 0 aliphatic carbocycles. The van der Waals surface area contributed by atoms with Crippen LogP contribution in [0.1, 0.15) is 60.2 Å². The Hall–Kier alpha value is -3.80. The first-order chi connectivity index (χ1) is 30.3. The van der Waals surface area contributed by atoms with Crippen molar-refractivity contribution in [2.45, 2.75) is 68.8 Å². The fraction of sp³-hybridized carbons (Fsp3) is 0.525. The summed E-state index contributed by atoms with van der Waals surface area (Å²) in [6, 6.07) is 4.64. The van der Waals surface area contributed by atoms with E-state index in [0.717, 1.165) is 11.1 Å². The van der Waals surface area contributed by atoms with Crippen molar-refractivity contribution in [2.75, 3.05) is 76.0 Å². The maximum Gasteiger partial charge on any atom is 0.256 e. The molecule has 0 bridgehead atoms. The van der Waals surface area contributed by atoms with Gasteiger partial charge >= 0.3 is 0 Å². The Labute approximate surface area is 385 Å². The second-order valence-corrected chi connectivity index (χ2v) is 23.8. The van der Waals surface area contributed by atoms with E-state index in [0.29, 0.717) is 19.3 Å². The second kappa shape index (κ2) is 21.2. The van der Waals surface area contributed by atoms with Crippen LogP contribution in [0.4, 0.5) is 11.4 Å². The molecule has 64 heavy (non-hydrogen) atoms. The highest BCUT2D eigenvalue weighted by Gasteiger charge is 2.44. The third kappa shape index (κ3) is 12.0. The number of anilines is 2. The van der Waals surface area contributed by atoms with E-state index in [-0.39, 0.29) is 119 Å². The molecule has 2 aromatic carbocycles. The van der Waals surface area contributed by atoms with Crippen molar-refractivity contribution in [3.63, 3.8) is 0 Å². The molecular weight excluding hydrogens is 934 g/mol. The average Bonchev–Trinajstić information content (AvgIpc) is 3.78. The van der Waals surface area contributed by atoms with E-state index in [9.17, 15) is 36.5 Å². The highest BCUT2D eigenvalue weighted by molar-refractivity contribution is 8.76. The standard InChI is InChI=1S/C40H54N5O14PS4/c1-23-14-29-36(58-63(50)51)42-27-18-33(31(54-5)16-25(27)38(47)44(29)20-23)56-10-12-60(49,22-41-35(46)8-9-40(3,4)62-61-7)13-11-57-34-19-28-26(17-32(34)55-6)39(48)45-21-24(2)15-30(45)37(43-28)59-64(52)53/h16-19,29-30,36-37,42-43H,1-2,8-15,20-22H2,3-7H3,(H,41,46)(H,50,51)(H,52,53)/p-2/t29-,30+,36?,37?,60?. The van der Waals surface area contributed by atoms with E-state index in [1.54, 1.807) is 21.6 Å². The van der Waals surface area contributed by atoms with Crippen LogP contribution in [0.5, 0.6) is 23.0 Å². The Bertz CT molecular complexity index is 2120. The number of nitrogens with one attached hydrogen (secondary N) is 3. The number of amides is 3. The number of fused-ring (bicyclic) bond motifs is 4. The van der Waals surface area contributed by atoms with Gasteiger partial charge in [0.25, 0.3) is 11.8 Å². The van der Waals surface area contributed by atoms with Crippen LogP contribution >= 0.6 is 28.7 Å². The average molecular weight is 986 g/mol. The molecule has 0 saturated carbocycles. The summed E-state index contributed by atoms with van der Waals surface area (Å²) < 4.78 is 95.1. The summed E-state index contributed by atoms with van der Waals surface area (Å²) in [4.78, 5) is 43.6. The van der Waals surface area contributed by atoms with Gasteiger partial charge in [-0.15, -0.1) is 0 Å². The molecule has 0 radical (unpaired) electrons. The molecule has 352 valence electrons. The van der Waals surface area contributed by atoms with Crippen LogP contribution in [0.25, 0.3) is 0 Å². The smallest absolute Gasteiger partial charge is 0.256 e. The summed E-state index contributed by atoms with van der Waals surface area (Å²) in [5, 5.41) is 8.90. The quantitative estimate of drug-likeness (QED) is 0.0656. The van der Waals surface area contributed by atoms with Gasteiger partial charge in [0.1, 0.15) is 7.14 Å². The summed E-state index contributed by atoms with van der Waals surface area (Å²) in [5.74, 6) is -0.338. The van der Waals surface area contributed by atoms with E-state index in [4.69, 9.17) is 27.3 Å². The van der Waals surface area contributed by atoms with Crippen LogP contribution in [0, 0.1) is 0 Å². The molecule has 24 heteroatoms. The summed E-state index contributed by atoms with van der Waals surface area (Å²) in [7, 11) is 2.70. The minimum atomic E-state index is -3.36. The molecule has 0 aromatic heterocycles. The van der Waals surface area contributed by atoms with Crippen molar-refractivity contribution in [1.82, 2.24) is 15.1 Å². The largest absolute Gasteiger partial charge is 0.750 e. The highest BCUT2D eigenvalue weighted by Crippen LogP contribution is 2.46. The third-order valence-electron chi connectivity index (χ3n) is 11.2. The number of methoxy groups -OCH3 is 2. The molecule has 5 unspecified atom stereocenters.